The molecule has 0 fully saturated rings. The second-order valence-electron chi connectivity index (χ2n) is 4.90. The van der Waals surface area contributed by atoms with Gasteiger partial charge in [0.25, 0.3) is 0 Å². The highest BCUT2D eigenvalue weighted by molar-refractivity contribution is 7.16. The Balaban J connectivity index is 1.84. The molecule has 1 aliphatic heterocycles. The summed E-state index contributed by atoms with van der Waals surface area (Å²) in [7, 11) is 0. The fourth-order valence-electron chi connectivity index (χ4n) is 2.75. The molecule has 19 heavy (non-hydrogen) atoms. The monoisotopic (exact) mass is 271 g/mol. The summed E-state index contributed by atoms with van der Waals surface area (Å²) >= 11 is 1.51. The van der Waals surface area contributed by atoms with E-state index in [0.717, 1.165) is 40.8 Å². The number of carbonyl (C=O) groups is 1. The van der Waals surface area contributed by atoms with Crippen molar-refractivity contribution in [1.29, 1.82) is 0 Å². The van der Waals surface area contributed by atoms with E-state index in [1.54, 1.807) is 0 Å². The Labute approximate surface area is 115 Å². The van der Waals surface area contributed by atoms with Gasteiger partial charge in [-0.2, -0.15) is 0 Å². The van der Waals surface area contributed by atoms with Gasteiger partial charge in [-0.05, 0) is 30.5 Å². The van der Waals surface area contributed by atoms with E-state index in [2.05, 4.69) is 5.32 Å². The van der Waals surface area contributed by atoms with Crippen molar-refractivity contribution in [3.63, 3.8) is 0 Å². The summed E-state index contributed by atoms with van der Waals surface area (Å²) < 4.78 is 6.01. The number of Topliss-reactive ketones (excluding diaryl/α,β-unsaturated/α-hetero) is 1. The summed E-state index contributed by atoms with van der Waals surface area (Å²) in [5, 5.41) is 4.29. The third kappa shape index (κ3) is 1.67. The number of rotatable bonds is 0. The van der Waals surface area contributed by atoms with Crippen LogP contribution in [0.4, 0.5) is 5.69 Å². The third-order valence-electron chi connectivity index (χ3n) is 3.71. The maximum Gasteiger partial charge on any atom is 0.187 e. The average molecular weight is 271 g/mol. The maximum atomic E-state index is 12.0. The smallest absolute Gasteiger partial charge is 0.187 e. The van der Waals surface area contributed by atoms with Gasteiger partial charge < -0.3 is 10.1 Å². The van der Waals surface area contributed by atoms with Gasteiger partial charge in [0.05, 0.1) is 10.6 Å². The molecule has 1 N–H and O–H groups in total. The van der Waals surface area contributed by atoms with Crippen molar-refractivity contribution in [2.45, 2.75) is 25.8 Å². The van der Waals surface area contributed by atoms with Crippen molar-refractivity contribution in [1.82, 2.24) is 0 Å². The number of fused-ring (bicyclic) bond motifs is 4. The van der Waals surface area contributed by atoms with Crippen LogP contribution in [0.2, 0.25) is 0 Å². The van der Waals surface area contributed by atoms with Crippen molar-refractivity contribution in [3.05, 3.63) is 40.3 Å². The molecule has 0 atom stereocenters. The first-order valence-corrected chi connectivity index (χ1v) is 7.33. The van der Waals surface area contributed by atoms with Gasteiger partial charge in [-0.15, -0.1) is 0 Å². The van der Waals surface area contributed by atoms with Gasteiger partial charge in [-0.3, -0.25) is 4.79 Å². The number of ketones is 1. The molecule has 4 rings (SSSR count). The topological polar surface area (TPSA) is 38.3 Å². The van der Waals surface area contributed by atoms with Gasteiger partial charge in [0.15, 0.2) is 16.6 Å². The molecule has 0 saturated carbocycles. The molecule has 0 radical (unpaired) electrons. The van der Waals surface area contributed by atoms with Crippen LogP contribution in [0.15, 0.2) is 24.3 Å². The van der Waals surface area contributed by atoms with E-state index in [0.29, 0.717) is 6.42 Å². The van der Waals surface area contributed by atoms with Crippen molar-refractivity contribution in [2.24, 2.45) is 0 Å². The minimum absolute atomic E-state index is 0.274. The second-order valence-corrected chi connectivity index (χ2v) is 5.89. The van der Waals surface area contributed by atoms with Gasteiger partial charge in [0, 0.05) is 18.5 Å². The first-order valence-electron chi connectivity index (χ1n) is 6.51. The van der Waals surface area contributed by atoms with Crippen LogP contribution in [0.3, 0.4) is 0 Å². The molecule has 1 aromatic carbocycles. The van der Waals surface area contributed by atoms with E-state index in [1.165, 1.54) is 22.5 Å². The summed E-state index contributed by atoms with van der Waals surface area (Å²) in [6.07, 6.45) is 2.63. The molecule has 4 heteroatoms. The maximum absolute atomic E-state index is 12.0. The van der Waals surface area contributed by atoms with Gasteiger partial charge in [-0.25, -0.2) is 0 Å². The Morgan fingerprint density at radius 1 is 1.16 bits per heavy atom. The Bertz CT molecular complexity index is 675. The Kier molecular flexibility index (Phi) is 2.38. The minimum atomic E-state index is 0.274. The second kappa shape index (κ2) is 4.10. The number of benzene rings is 1. The lowest BCUT2D eigenvalue weighted by molar-refractivity contribution is 0.0977. The highest BCUT2D eigenvalue weighted by Crippen LogP contribution is 2.45. The molecule has 0 amide bonds. The van der Waals surface area contributed by atoms with Crippen molar-refractivity contribution in [2.75, 3.05) is 5.32 Å². The predicted octanol–water partition coefficient (Wildman–Crippen LogP) is 3.98. The van der Waals surface area contributed by atoms with E-state index >= 15 is 0 Å². The number of ether oxygens (including phenoxy) is 1. The largest absolute Gasteiger partial charge is 0.444 e. The predicted molar refractivity (Wildman–Crippen MR) is 75.4 cm³/mol. The third-order valence-corrected chi connectivity index (χ3v) is 4.90. The lowest BCUT2D eigenvalue weighted by Gasteiger charge is -2.11. The van der Waals surface area contributed by atoms with Crippen LogP contribution in [0.25, 0.3) is 0 Å². The fraction of sp³-hybridized carbons (Fsp3) is 0.267. The molecule has 96 valence electrons. The van der Waals surface area contributed by atoms with Gasteiger partial charge in [0.1, 0.15) is 0 Å². The summed E-state index contributed by atoms with van der Waals surface area (Å²) in [6, 6.07) is 7.93. The Morgan fingerprint density at radius 3 is 3.00 bits per heavy atom. The standard InChI is InChI=1S/C15H13NO2S/c17-12-6-3-4-9-10-8-16-11-5-1-2-7-13(11)18-15(10)19-14(9)12/h1-2,5,7,16H,3-4,6,8H2. The zero-order valence-corrected chi connectivity index (χ0v) is 11.2. The van der Waals surface area contributed by atoms with Crippen molar-refractivity contribution < 1.29 is 9.53 Å². The van der Waals surface area contributed by atoms with Crippen LogP contribution < -0.4 is 10.1 Å². The van der Waals surface area contributed by atoms with Crippen molar-refractivity contribution >= 4 is 22.8 Å². The highest BCUT2D eigenvalue weighted by atomic mass is 32.1. The quantitative estimate of drug-likeness (QED) is 0.787. The number of anilines is 1. The fourth-order valence-corrected chi connectivity index (χ4v) is 3.95. The van der Waals surface area contributed by atoms with Crippen LogP contribution >= 0.6 is 11.3 Å². The zero-order valence-electron chi connectivity index (χ0n) is 10.4. The number of para-hydroxylation sites is 2. The number of nitrogens with one attached hydrogen (secondary N) is 1. The van der Waals surface area contributed by atoms with E-state index < -0.39 is 0 Å². The van der Waals surface area contributed by atoms with Gasteiger partial charge in [-0.1, -0.05) is 23.5 Å². The highest BCUT2D eigenvalue weighted by Gasteiger charge is 2.28. The first-order chi connectivity index (χ1) is 9.33. The normalized spacial score (nSPS) is 16.5. The Hall–Kier alpha value is -1.81. The molecule has 3 nitrogen and oxygen atoms in total. The van der Waals surface area contributed by atoms with Crippen LogP contribution in [-0.4, -0.2) is 5.78 Å². The molecule has 0 spiro atoms. The lowest BCUT2D eigenvalue weighted by atomic mass is 9.95. The molecule has 2 heterocycles. The number of carbonyl (C=O) groups excluding carboxylic acids is 1. The molecule has 0 bridgehead atoms. The lowest BCUT2D eigenvalue weighted by Crippen LogP contribution is -2.10. The molecular weight excluding hydrogens is 258 g/mol. The average Bonchev–Trinajstić information content (AvgIpc) is 2.67. The molecule has 2 aromatic rings. The van der Waals surface area contributed by atoms with Gasteiger partial charge in [0.2, 0.25) is 0 Å². The van der Waals surface area contributed by atoms with E-state index in [4.69, 9.17) is 4.74 Å². The molecule has 0 saturated heterocycles. The van der Waals surface area contributed by atoms with Gasteiger partial charge >= 0.3 is 0 Å². The number of hydrogen-bond donors (Lipinski definition) is 1. The Morgan fingerprint density at radius 2 is 2.05 bits per heavy atom. The summed E-state index contributed by atoms with van der Waals surface area (Å²) in [5.41, 5.74) is 3.39. The SMILES string of the molecule is O=C1CCCc2c1sc1c2CNc2ccccc2O1. The molecule has 1 aromatic heterocycles. The van der Waals surface area contributed by atoms with Crippen LogP contribution in [-0.2, 0) is 13.0 Å². The van der Waals surface area contributed by atoms with Crippen LogP contribution in [0.1, 0.15) is 33.6 Å². The summed E-state index contributed by atoms with van der Waals surface area (Å²) in [5.74, 6) is 1.11. The van der Waals surface area contributed by atoms with E-state index in [9.17, 15) is 4.79 Å². The van der Waals surface area contributed by atoms with E-state index in [-0.39, 0.29) is 5.78 Å². The van der Waals surface area contributed by atoms with Crippen LogP contribution in [0, 0.1) is 0 Å². The minimum Gasteiger partial charge on any atom is -0.444 e. The molecule has 0 unspecified atom stereocenters. The first kappa shape index (κ1) is 11.1. The summed E-state index contributed by atoms with van der Waals surface area (Å²) in [4.78, 5) is 12.9. The molecular formula is C15H13NO2S. The molecule has 1 aliphatic carbocycles. The van der Waals surface area contributed by atoms with E-state index in [1.807, 2.05) is 24.3 Å². The number of hydrogen-bond acceptors (Lipinski definition) is 4. The summed E-state index contributed by atoms with van der Waals surface area (Å²) in [6.45, 7) is 0.742. The van der Waals surface area contributed by atoms with Crippen LogP contribution in [0.5, 0.6) is 10.8 Å². The zero-order chi connectivity index (χ0) is 12.8. The number of thiophene rings is 1. The molecule has 2 aliphatic rings. The van der Waals surface area contributed by atoms with Crippen molar-refractivity contribution in [3.8, 4) is 10.8 Å².